The number of aryl methyl sites for hydroxylation is 2. The number of phenolic OH excluding ortho intramolecular Hbond substituents is 1. The normalized spacial score (nSPS) is 15.0. The van der Waals surface area contributed by atoms with Crippen molar-refractivity contribution in [2.24, 2.45) is 0 Å². The number of nitrogens with zero attached hydrogens (tertiary/aromatic N) is 2. The van der Waals surface area contributed by atoms with Gasteiger partial charge in [-0.1, -0.05) is 17.7 Å². The van der Waals surface area contributed by atoms with Crippen molar-refractivity contribution in [2.45, 2.75) is 33.4 Å². The van der Waals surface area contributed by atoms with Crippen molar-refractivity contribution in [1.82, 2.24) is 14.9 Å². The second-order valence-electron chi connectivity index (χ2n) is 5.67. The van der Waals surface area contributed by atoms with Gasteiger partial charge < -0.3 is 10.1 Å². The first kappa shape index (κ1) is 13.8. The quantitative estimate of drug-likeness (QED) is 0.880. The van der Waals surface area contributed by atoms with Gasteiger partial charge >= 0.3 is 0 Å². The third kappa shape index (κ3) is 2.83. The predicted molar refractivity (Wildman–Crippen MR) is 80.3 cm³/mol. The summed E-state index contributed by atoms with van der Waals surface area (Å²) in [5, 5.41) is 9.94. The Bertz CT molecular complexity index is 737. The molecule has 1 aromatic carbocycles. The Morgan fingerprint density at radius 3 is 3.00 bits per heavy atom. The molecular weight excluding hydrogens is 266 g/mol. The van der Waals surface area contributed by atoms with Crippen molar-refractivity contribution < 1.29 is 5.11 Å². The molecule has 0 saturated heterocycles. The van der Waals surface area contributed by atoms with Gasteiger partial charge in [0.15, 0.2) is 0 Å². The maximum absolute atomic E-state index is 12.0. The van der Waals surface area contributed by atoms with Crippen molar-refractivity contribution in [3.8, 4) is 5.75 Å². The zero-order chi connectivity index (χ0) is 15.0. The molecule has 5 nitrogen and oxygen atoms in total. The van der Waals surface area contributed by atoms with Crippen molar-refractivity contribution in [3.05, 3.63) is 56.8 Å². The highest BCUT2D eigenvalue weighted by molar-refractivity contribution is 5.35. The Morgan fingerprint density at radius 2 is 2.19 bits per heavy atom. The highest BCUT2D eigenvalue weighted by Crippen LogP contribution is 2.22. The van der Waals surface area contributed by atoms with E-state index >= 15 is 0 Å². The number of H-pyrrole nitrogens is 1. The summed E-state index contributed by atoms with van der Waals surface area (Å²) in [5.74, 6) is 0.978. The van der Waals surface area contributed by atoms with Crippen molar-refractivity contribution in [3.63, 3.8) is 0 Å². The molecule has 3 rings (SSSR count). The Balaban J connectivity index is 1.83. The first-order valence-corrected chi connectivity index (χ1v) is 7.12. The third-order valence-corrected chi connectivity index (χ3v) is 3.90. The van der Waals surface area contributed by atoms with Gasteiger partial charge in [-0.3, -0.25) is 9.69 Å². The number of nitrogens with one attached hydrogen (secondary N) is 1. The van der Waals surface area contributed by atoms with Crippen LogP contribution in [0.5, 0.6) is 5.75 Å². The van der Waals surface area contributed by atoms with Crippen molar-refractivity contribution in [2.75, 3.05) is 6.54 Å². The molecule has 0 amide bonds. The number of aromatic hydroxyl groups is 1. The van der Waals surface area contributed by atoms with Crippen LogP contribution in [0.2, 0.25) is 0 Å². The molecule has 2 N–H and O–H groups in total. The second kappa shape index (κ2) is 5.33. The highest BCUT2D eigenvalue weighted by Gasteiger charge is 2.21. The van der Waals surface area contributed by atoms with E-state index in [4.69, 9.17) is 0 Å². The summed E-state index contributed by atoms with van der Waals surface area (Å²) in [6, 6.07) is 5.60. The molecule has 0 radical (unpaired) electrons. The molecule has 0 spiro atoms. The molecular formula is C16H19N3O2. The number of aromatic amines is 1. The lowest BCUT2D eigenvalue weighted by atomic mass is 10.0. The van der Waals surface area contributed by atoms with Crippen LogP contribution in [0.1, 0.15) is 28.2 Å². The van der Waals surface area contributed by atoms with Gasteiger partial charge in [-0.15, -0.1) is 0 Å². The minimum Gasteiger partial charge on any atom is -0.508 e. The van der Waals surface area contributed by atoms with Crippen LogP contribution >= 0.6 is 0 Å². The minimum absolute atomic E-state index is 0.0457. The number of rotatable bonds is 2. The maximum atomic E-state index is 12.0. The number of aromatic nitrogens is 2. The highest BCUT2D eigenvalue weighted by atomic mass is 16.3. The molecule has 0 unspecified atom stereocenters. The van der Waals surface area contributed by atoms with Crippen LogP contribution in [0.25, 0.3) is 0 Å². The third-order valence-electron chi connectivity index (χ3n) is 3.90. The van der Waals surface area contributed by atoms with Crippen molar-refractivity contribution in [1.29, 1.82) is 0 Å². The molecule has 0 saturated carbocycles. The van der Waals surface area contributed by atoms with Gasteiger partial charge in [-0.25, -0.2) is 4.98 Å². The zero-order valence-electron chi connectivity index (χ0n) is 12.3. The molecule has 2 heterocycles. The van der Waals surface area contributed by atoms with Crippen LogP contribution in [-0.2, 0) is 19.5 Å². The fourth-order valence-corrected chi connectivity index (χ4v) is 2.82. The van der Waals surface area contributed by atoms with Crippen LogP contribution in [0.3, 0.4) is 0 Å². The Hall–Kier alpha value is -2.14. The number of benzene rings is 1. The zero-order valence-corrected chi connectivity index (χ0v) is 12.3. The lowest BCUT2D eigenvalue weighted by Gasteiger charge is -2.27. The van der Waals surface area contributed by atoms with Crippen LogP contribution in [0, 0.1) is 13.8 Å². The van der Waals surface area contributed by atoms with E-state index in [-0.39, 0.29) is 5.56 Å². The summed E-state index contributed by atoms with van der Waals surface area (Å²) >= 11 is 0. The molecule has 21 heavy (non-hydrogen) atoms. The molecule has 1 aliphatic rings. The molecule has 0 bridgehead atoms. The van der Waals surface area contributed by atoms with Crippen LogP contribution in [0.4, 0.5) is 0 Å². The molecule has 110 valence electrons. The number of phenols is 1. The Kier molecular flexibility index (Phi) is 3.51. The van der Waals surface area contributed by atoms with Gasteiger partial charge in [0, 0.05) is 31.6 Å². The Morgan fingerprint density at radius 1 is 1.38 bits per heavy atom. The maximum Gasteiger partial charge on any atom is 0.255 e. The number of fused-ring (bicyclic) bond motifs is 1. The summed E-state index contributed by atoms with van der Waals surface area (Å²) in [4.78, 5) is 21.4. The molecule has 0 atom stereocenters. The van der Waals surface area contributed by atoms with Crippen LogP contribution in [-0.4, -0.2) is 26.5 Å². The molecule has 1 aliphatic heterocycles. The molecule has 5 heteroatoms. The summed E-state index contributed by atoms with van der Waals surface area (Å²) in [6.45, 7) is 5.87. The summed E-state index contributed by atoms with van der Waals surface area (Å²) in [6.07, 6.45) is 0.771. The van der Waals surface area contributed by atoms with Crippen LogP contribution in [0.15, 0.2) is 23.0 Å². The average molecular weight is 285 g/mol. The number of hydrogen-bond acceptors (Lipinski definition) is 4. The van der Waals surface area contributed by atoms with Gasteiger partial charge in [0.2, 0.25) is 0 Å². The first-order chi connectivity index (χ1) is 10.0. The Labute approximate surface area is 123 Å². The van der Waals surface area contributed by atoms with E-state index in [9.17, 15) is 9.90 Å². The molecule has 0 aliphatic carbocycles. The topological polar surface area (TPSA) is 69.2 Å². The fourth-order valence-electron chi connectivity index (χ4n) is 2.82. The van der Waals surface area contributed by atoms with E-state index in [0.717, 1.165) is 35.3 Å². The average Bonchev–Trinajstić information content (AvgIpc) is 2.43. The van der Waals surface area contributed by atoms with E-state index < -0.39 is 0 Å². The van der Waals surface area contributed by atoms with Gasteiger partial charge in [0.05, 0.1) is 11.3 Å². The SMILES string of the molecule is Cc1ccc(O)c(CN2CCc3nc(C)[nH]c(=O)c3C2)c1. The van der Waals surface area contributed by atoms with E-state index in [0.29, 0.717) is 24.7 Å². The largest absolute Gasteiger partial charge is 0.508 e. The standard InChI is InChI=1S/C16H19N3O2/c1-10-3-4-15(20)12(7-10)8-19-6-5-14-13(9-19)16(21)18-11(2)17-14/h3-4,7,20H,5-6,8-9H2,1-2H3,(H,17,18,21). The summed E-state index contributed by atoms with van der Waals surface area (Å²) in [5.41, 5.74) is 3.63. The molecule has 2 aromatic rings. The van der Waals surface area contributed by atoms with Crippen molar-refractivity contribution >= 4 is 0 Å². The number of hydrogen-bond donors (Lipinski definition) is 2. The summed E-state index contributed by atoms with van der Waals surface area (Å²) < 4.78 is 0. The smallest absolute Gasteiger partial charge is 0.255 e. The monoisotopic (exact) mass is 285 g/mol. The lowest BCUT2D eigenvalue weighted by Crippen LogP contribution is -2.35. The van der Waals surface area contributed by atoms with Gasteiger partial charge in [0.1, 0.15) is 11.6 Å². The van der Waals surface area contributed by atoms with E-state index in [2.05, 4.69) is 14.9 Å². The van der Waals surface area contributed by atoms with E-state index in [1.54, 1.807) is 13.0 Å². The van der Waals surface area contributed by atoms with Crippen LogP contribution < -0.4 is 5.56 Å². The summed E-state index contributed by atoms with van der Waals surface area (Å²) in [7, 11) is 0. The second-order valence-corrected chi connectivity index (χ2v) is 5.67. The van der Waals surface area contributed by atoms with Gasteiger partial charge in [-0.05, 0) is 19.9 Å². The van der Waals surface area contributed by atoms with Gasteiger partial charge in [0.25, 0.3) is 5.56 Å². The first-order valence-electron chi connectivity index (χ1n) is 7.12. The minimum atomic E-state index is -0.0457. The van der Waals surface area contributed by atoms with Gasteiger partial charge in [-0.2, -0.15) is 0 Å². The molecule has 1 aromatic heterocycles. The fraction of sp³-hybridized carbons (Fsp3) is 0.375. The van der Waals surface area contributed by atoms with E-state index in [1.165, 1.54) is 0 Å². The lowest BCUT2D eigenvalue weighted by molar-refractivity contribution is 0.238. The molecule has 0 fully saturated rings. The van der Waals surface area contributed by atoms with E-state index in [1.807, 2.05) is 19.1 Å². The predicted octanol–water partition coefficient (Wildman–Crippen LogP) is 1.65.